The highest BCUT2D eigenvalue weighted by atomic mass is 19.2. The first-order chi connectivity index (χ1) is 17.5. The van der Waals surface area contributed by atoms with Crippen LogP contribution in [0, 0.1) is 23.5 Å². The molecular formula is C27H38F2N4O3. The van der Waals surface area contributed by atoms with Crippen LogP contribution in [-0.4, -0.2) is 67.9 Å². The molecule has 0 spiro atoms. The van der Waals surface area contributed by atoms with Crippen molar-refractivity contribution in [3.63, 3.8) is 0 Å². The summed E-state index contributed by atoms with van der Waals surface area (Å²) in [6, 6.07) is 2.56. The average molecular weight is 505 g/mol. The number of hydrogen-bond donors (Lipinski definition) is 1. The molecule has 7 nitrogen and oxygen atoms in total. The van der Waals surface area contributed by atoms with Crippen LogP contribution in [-0.2, 0) is 9.53 Å². The summed E-state index contributed by atoms with van der Waals surface area (Å²) in [4.78, 5) is 17.3. The number of piperazine rings is 1. The molecule has 2 aromatic rings. The molecule has 0 atom stereocenters. The van der Waals surface area contributed by atoms with Crippen LogP contribution in [0.25, 0.3) is 11.0 Å². The number of hydrogen-bond acceptors (Lipinski definition) is 6. The van der Waals surface area contributed by atoms with Crippen LogP contribution in [0.5, 0.6) is 0 Å². The van der Waals surface area contributed by atoms with Crippen molar-refractivity contribution < 1.29 is 22.8 Å². The average Bonchev–Trinajstić information content (AvgIpc) is 3.31. The first kappa shape index (κ1) is 25.4. The number of ether oxygens (including phenoxy) is 1. The standard InChI is InChI=1S/C27H38F2N4O3/c1-35-21-8-4-19(5-9-21)27(34)30-20-6-2-18(3-7-20)10-11-32-12-14-33(15-13-32)26-22-16-23(28)24(29)17-25(22)36-31-26/h16-21H,2-15H2,1H3,(H,30,34)/t18?,19-,20?,21-. The van der Waals surface area contributed by atoms with Gasteiger partial charge in [0, 0.05) is 51.3 Å². The topological polar surface area (TPSA) is 70.8 Å². The maximum atomic E-state index is 13.7. The van der Waals surface area contributed by atoms with Crippen molar-refractivity contribution in [2.45, 2.75) is 69.9 Å². The number of methoxy groups -OCH3 is 1. The van der Waals surface area contributed by atoms with E-state index in [1.165, 1.54) is 25.3 Å². The summed E-state index contributed by atoms with van der Waals surface area (Å²) in [5.41, 5.74) is 0.275. The maximum absolute atomic E-state index is 13.7. The SMILES string of the molecule is CO[C@H]1CC[C@H](C(=O)NC2CCC(CCN3CCN(c4noc5cc(F)c(F)cc45)CC3)CC2)CC1. The Hall–Kier alpha value is -2.26. The molecule has 1 saturated heterocycles. The second-order valence-corrected chi connectivity index (χ2v) is 10.8. The minimum atomic E-state index is -0.920. The van der Waals surface area contributed by atoms with Gasteiger partial charge in [0.25, 0.3) is 0 Å². The minimum absolute atomic E-state index is 0.156. The monoisotopic (exact) mass is 504 g/mol. The highest BCUT2D eigenvalue weighted by molar-refractivity contribution is 5.88. The van der Waals surface area contributed by atoms with Crippen molar-refractivity contribution in [3.05, 3.63) is 23.8 Å². The van der Waals surface area contributed by atoms with E-state index in [0.29, 0.717) is 29.3 Å². The van der Waals surface area contributed by atoms with Gasteiger partial charge in [-0.3, -0.25) is 9.69 Å². The van der Waals surface area contributed by atoms with Gasteiger partial charge < -0.3 is 19.5 Å². The Labute approximate surface area is 211 Å². The van der Waals surface area contributed by atoms with E-state index >= 15 is 0 Å². The molecule has 5 rings (SSSR count). The Balaban J connectivity index is 1.01. The number of fused-ring (bicyclic) bond motifs is 1. The largest absolute Gasteiger partial charge is 0.381 e. The second-order valence-electron chi connectivity index (χ2n) is 10.8. The molecular weight excluding hydrogens is 466 g/mol. The van der Waals surface area contributed by atoms with E-state index in [2.05, 4.69) is 20.3 Å². The summed E-state index contributed by atoms with van der Waals surface area (Å²) in [6.07, 6.45) is 9.87. The van der Waals surface area contributed by atoms with Crippen molar-refractivity contribution in [3.8, 4) is 0 Å². The predicted molar refractivity (Wildman–Crippen MR) is 134 cm³/mol. The van der Waals surface area contributed by atoms with Crippen LogP contribution >= 0.6 is 0 Å². The number of rotatable bonds is 7. The van der Waals surface area contributed by atoms with Crippen molar-refractivity contribution >= 4 is 22.7 Å². The molecule has 2 heterocycles. The van der Waals surface area contributed by atoms with E-state index in [0.717, 1.165) is 77.3 Å². The molecule has 1 aromatic carbocycles. The molecule has 1 aliphatic heterocycles. The second kappa shape index (κ2) is 11.4. The molecule has 1 amide bonds. The van der Waals surface area contributed by atoms with Crippen LogP contribution in [0.15, 0.2) is 16.7 Å². The van der Waals surface area contributed by atoms with Gasteiger partial charge in [-0.25, -0.2) is 8.78 Å². The lowest BCUT2D eigenvalue weighted by molar-refractivity contribution is -0.127. The normalized spacial score (nSPS) is 27.9. The third kappa shape index (κ3) is 5.83. The highest BCUT2D eigenvalue weighted by Gasteiger charge is 2.29. The van der Waals surface area contributed by atoms with Gasteiger partial charge in [-0.15, -0.1) is 0 Å². The van der Waals surface area contributed by atoms with Gasteiger partial charge in [-0.05, 0) is 76.3 Å². The zero-order valence-electron chi connectivity index (χ0n) is 21.2. The fraction of sp³-hybridized carbons (Fsp3) is 0.704. The van der Waals surface area contributed by atoms with Crippen LogP contribution in [0.1, 0.15) is 57.8 Å². The molecule has 1 aromatic heterocycles. The Bertz CT molecular complexity index is 1020. The molecule has 3 aliphatic rings. The number of aromatic nitrogens is 1. The number of nitrogens with zero attached hydrogens (tertiary/aromatic N) is 3. The zero-order valence-corrected chi connectivity index (χ0v) is 21.2. The van der Waals surface area contributed by atoms with Gasteiger partial charge in [-0.2, -0.15) is 0 Å². The molecule has 36 heavy (non-hydrogen) atoms. The van der Waals surface area contributed by atoms with Gasteiger partial charge in [0.15, 0.2) is 23.0 Å². The van der Waals surface area contributed by atoms with Gasteiger partial charge in [0.1, 0.15) is 0 Å². The third-order valence-corrected chi connectivity index (χ3v) is 8.59. The lowest BCUT2D eigenvalue weighted by Crippen LogP contribution is -2.47. The molecule has 0 radical (unpaired) electrons. The summed E-state index contributed by atoms with van der Waals surface area (Å²) >= 11 is 0. The number of benzene rings is 1. The molecule has 0 unspecified atom stereocenters. The highest BCUT2D eigenvalue weighted by Crippen LogP contribution is 2.31. The lowest BCUT2D eigenvalue weighted by atomic mass is 9.83. The van der Waals surface area contributed by atoms with Crippen LogP contribution in [0.4, 0.5) is 14.6 Å². The molecule has 198 valence electrons. The number of halogens is 2. The molecule has 3 fully saturated rings. The Morgan fingerprint density at radius 3 is 2.42 bits per heavy atom. The summed E-state index contributed by atoms with van der Waals surface area (Å²) in [7, 11) is 1.76. The van der Waals surface area contributed by atoms with Crippen molar-refractivity contribution in [2.24, 2.45) is 11.8 Å². The van der Waals surface area contributed by atoms with Gasteiger partial charge in [0.05, 0.1) is 11.5 Å². The Morgan fingerprint density at radius 1 is 1.03 bits per heavy atom. The van der Waals surface area contributed by atoms with E-state index in [4.69, 9.17) is 9.26 Å². The Morgan fingerprint density at radius 2 is 1.72 bits per heavy atom. The number of amides is 1. The molecule has 2 aliphatic carbocycles. The lowest BCUT2D eigenvalue weighted by Gasteiger charge is -2.36. The van der Waals surface area contributed by atoms with Crippen molar-refractivity contribution in [1.29, 1.82) is 0 Å². The van der Waals surface area contributed by atoms with Crippen molar-refractivity contribution in [2.75, 3.05) is 44.7 Å². The van der Waals surface area contributed by atoms with E-state index in [-0.39, 0.29) is 17.4 Å². The van der Waals surface area contributed by atoms with Gasteiger partial charge >= 0.3 is 0 Å². The number of carbonyl (C=O) groups is 1. The number of nitrogens with one attached hydrogen (secondary N) is 1. The predicted octanol–water partition coefficient (Wildman–Crippen LogP) is 4.50. The quantitative estimate of drug-likeness (QED) is 0.599. The first-order valence-corrected chi connectivity index (χ1v) is 13.5. The first-order valence-electron chi connectivity index (χ1n) is 13.5. The fourth-order valence-electron chi connectivity index (χ4n) is 6.17. The maximum Gasteiger partial charge on any atom is 0.223 e. The smallest absolute Gasteiger partial charge is 0.223 e. The molecule has 0 bridgehead atoms. The van der Waals surface area contributed by atoms with E-state index in [1.807, 2.05) is 0 Å². The summed E-state index contributed by atoms with van der Waals surface area (Å²) in [6.45, 7) is 4.46. The van der Waals surface area contributed by atoms with E-state index < -0.39 is 11.6 Å². The van der Waals surface area contributed by atoms with Gasteiger partial charge in [-0.1, -0.05) is 5.16 Å². The van der Waals surface area contributed by atoms with Crippen LogP contribution in [0.3, 0.4) is 0 Å². The van der Waals surface area contributed by atoms with E-state index in [9.17, 15) is 13.6 Å². The van der Waals surface area contributed by atoms with Crippen LogP contribution in [0.2, 0.25) is 0 Å². The number of carbonyl (C=O) groups excluding carboxylic acids is 1. The molecule has 1 N–H and O–H groups in total. The zero-order chi connectivity index (χ0) is 25.1. The van der Waals surface area contributed by atoms with Crippen molar-refractivity contribution in [1.82, 2.24) is 15.4 Å². The molecule has 2 saturated carbocycles. The Kier molecular flexibility index (Phi) is 8.06. The van der Waals surface area contributed by atoms with Crippen LogP contribution < -0.4 is 10.2 Å². The van der Waals surface area contributed by atoms with E-state index in [1.54, 1.807) is 7.11 Å². The van der Waals surface area contributed by atoms with Gasteiger partial charge in [0.2, 0.25) is 5.91 Å². The summed E-state index contributed by atoms with van der Waals surface area (Å²) in [5.74, 6) is -0.0893. The summed E-state index contributed by atoms with van der Waals surface area (Å²) < 4.78 is 37.8. The summed E-state index contributed by atoms with van der Waals surface area (Å²) in [5, 5.41) is 7.93. The molecule has 9 heteroatoms. The number of anilines is 1. The third-order valence-electron chi connectivity index (χ3n) is 8.59. The minimum Gasteiger partial charge on any atom is -0.381 e. The fourth-order valence-corrected chi connectivity index (χ4v) is 6.17.